The van der Waals surface area contributed by atoms with Crippen molar-refractivity contribution in [1.29, 1.82) is 0 Å². The van der Waals surface area contributed by atoms with Crippen LogP contribution in [0.2, 0.25) is 0 Å². The third-order valence-corrected chi connectivity index (χ3v) is 6.47. The molecule has 0 aliphatic carbocycles. The van der Waals surface area contributed by atoms with Gasteiger partial charge >= 0.3 is 0 Å². The van der Waals surface area contributed by atoms with Crippen molar-refractivity contribution in [3.05, 3.63) is 97.0 Å². The number of pyridine rings is 1. The van der Waals surface area contributed by atoms with Crippen LogP contribution in [0, 0.1) is 6.92 Å². The summed E-state index contributed by atoms with van der Waals surface area (Å²) in [6.45, 7) is 3.85. The molecule has 0 saturated heterocycles. The van der Waals surface area contributed by atoms with Crippen LogP contribution < -0.4 is 15.6 Å². The maximum atomic E-state index is 12.6. The van der Waals surface area contributed by atoms with Gasteiger partial charge < -0.3 is 14.6 Å². The Bertz CT molecular complexity index is 1140. The molecule has 0 radical (unpaired) electrons. The molecule has 0 saturated carbocycles. The van der Waals surface area contributed by atoms with Gasteiger partial charge in [0, 0.05) is 34.6 Å². The number of benzene rings is 1. The summed E-state index contributed by atoms with van der Waals surface area (Å²) in [5, 5.41) is 7.53. The Morgan fingerprint density at radius 3 is 2.90 bits per heavy atom. The van der Waals surface area contributed by atoms with Gasteiger partial charge in [0.25, 0.3) is 5.56 Å². The van der Waals surface area contributed by atoms with Gasteiger partial charge in [-0.1, -0.05) is 18.2 Å². The molecule has 5 nitrogen and oxygen atoms in total. The van der Waals surface area contributed by atoms with E-state index >= 15 is 0 Å². The van der Waals surface area contributed by atoms with Crippen LogP contribution in [0.15, 0.2) is 69.7 Å². The summed E-state index contributed by atoms with van der Waals surface area (Å²) in [6.07, 6.45) is 2.65. The lowest BCUT2D eigenvalue weighted by atomic mass is 10.1. The molecule has 0 spiro atoms. The first kappa shape index (κ1) is 20.4. The first-order valence-corrected chi connectivity index (χ1v) is 11.6. The number of rotatable bonds is 9. The molecular weight excluding hydrogens is 414 g/mol. The van der Waals surface area contributed by atoms with Crippen molar-refractivity contribution < 1.29 is 4.74 Å². The summed E-state index contributed by atoms with van der Waals surface area (Å²) in [5.74, 6) is 0.614. The van der Waals surface area contributed by atoms with Crippen molar-refractivity contribution in [3.63, 3.8) is 0 Å². The highest BCUT2D eigenvalue weighted by Crippen LogP contribution is 2.21. The lowest BCUT2D eigenvalue weighted by Crippen LogP contribution is -2.20. The Balaban J connectivity index is 1.39. The van der Waals surface area contributed by atoms with Gasteiger partial charge in [-0.05, 0) is 41.6 Å². The number of nitrogens with zero attached hydrogens (tertiary/aromatic N) is 2. The molecule has 0 aliphatic rings. The minimum Gasteiger partial charge on any atom is -0.493 e. The highest BCUT2D eigenvalue weighted by atomic mass is 32.1. The molecule has 7 heteroatoms. The zero-order chi connectivity index (χ0) is 20.8. The molecule has 4 aromatic rings. The van der Waals surface area contributed by atoms with Gasteiger partial charge in [-0.3, -0.25) is 4.79 Å². The van der Waals surface area contributed by atoms with E-state index in [2.05, 4.69) is 40.8 Å². The molecule has 3 aromatic heterocycles. The summed E-state index contributed by atoms with van der Waals surface area (Å²) in [6, 6.07) is 13.7. The van der Waals surface area contributed by atoms with E-state index < -0.39 is 0 Å². The smallest absolute Gasteiger partial charge is 0.254 e. The lowest BCUT2D eigenvalue weighted by molar-refractivity contribution is 0.321. The standard InChI is InChI=1S/C23H23N3O2S2/c1-17-18(4-2-6-22(17)24-13-19-15-29-16-25-19)14-26-9-7-20(12-23(26)27)28-10-8-21-5-3-11-30-21/h2-7,9,11-12,15-16,24H,8,10,13-14H2,1H3. The van der Waals surface area contributed by atoms with Crippen LogP contribution in [0.1, 0.15) is 21.7 Å². The Morgan fingerprint density at radius 2 is 2.13 bits per heavy atom. The number of nitrogens with one attached hydrogen (secondary N) is 1. The van der Waals surface area contributed by atoms with Crippen molar-refractivity contribution >= 4 is 28.4 Å². The Morgan fingerprint density at radius 1 is 1.20 bits per heavy atom. The third-order valence-electron chi connectivity index (χ3n) is 4.89. The van der Waals surface area contributed by atoms with Gasteiger partial charge in [0.15, 0.2) is 0 Å². The second-order valence-electron chi connectivity index (χ2n) is 6.93. The Labute approximate surface area is 183 Å². The maximum Gasteiger partial charge on any atom is 0.254 e. The molecule has 0 bridgehead atoms. The van der Waals surface area contributed by atoms with E-state index in [1.807, 2.05) is 29.1 Å². The van der Waals surface area contributed by atoms with E-state index in [9.17, 15) is 4.79 Å². The Hall–Kier alpha value is -2.90. The first-order chi connectivity index (χ1) is 14.7. The first-order valence-electron chi connectivity index (χ1n) is 9.74. The van der Waals surface area contributed by atoms with E-state index in [1.54, 1.807) is 39.5 Å². The lowest BCUT2D eigenvalue weighted by Gasteiger charge is -2.14. The van der Waals surface area contributed by atoms with Crippen LogP contribution in [0.3, 0.4) is 0 Å². The molecule has 0 fully saturated rings. The second-order valence-corrected chi connectivity index (χ2v) is 8.68. The number of aromatic nitrogens is 2. The van der Waals surface area contributed by atoms with Gasteiger partial charge in [-0.25, -0.2) is 4.98 Å². The normalized spacial score (nSPS) is 10.8. The molecule has 3 heterocycles. The fraction of sp³-hybridized carbons (Fsp3) is 0.217. The summed E-state index contributed by atoms with van der Waals surface area (Å²) in [4.78, 5) is 18.2. The average molecular weight is 438 g/mol. The highest BCUT2D eigenvalue weighted by molar-refractivity contribution is 7.09. The maximum absolute atomic E-state index is 12.6. The predicted molar refractivity (Wildman–Crippen MR) is 124 cm³/mol. The van der Waals surface area contributed by atoms with Gasteiger partial charge in [-0.2, -0.15) is 0 Å². The van der Waals surface area contributed by atoms with E-state index in [0.717, 1.165) is 28.9 Å². The van der Waals surface area contributed by atoms with Crippen molar-refractivity contribution in [2.75, 3.05) is 11.9 Å². The number of anilines is 1. The van der Waals surface area contributed by atoms with Gasteiger partial charge in [-0.15, -0.1) is 22.7 Å². The number of ether oxygens (including phenoxy) is 1. The summed E-state index contributed by atoms with van der Waals surface area (Å²) >= 11 is 3.31. The van der Waals surface area contributed by atoms with E-state index in [-0.39, 0.29) is 5.56 Å². The SMILES string of the molecule is Cc1c(Cn2ccc(OCCc3cccs3)cc2=O)cccc1NCc1cscn1. The minimum atomic E-state index is -0.0659. The number of thiazole rings is 1. The van der Waals surface area contributed by atoms with Crippen LogP contribution in [-0.2, 0) is 19.5 Å². The zero-order valence-electron chi connectivity index (χ0n) is 16.7. The molecule has 1 aromatic carbocycles. The predicted octanol–water partition coefficient (Wildman–Crippen LogP) is 4.96. The Kier molecular flexibility index (Phi) is 6.61. The molecule has 0 aliphatic heterocycles. The van der Waals surface area contributed by atoms with Crippen LogP contribution in [-0.4, -0.2) is 16.2 Å². The largest absolute Gasteiger partial charge is 0.493 e. The van der Waals surface area contributed by atoms with Crippen molar-refractivity contribution in [2.45, 2.75) is 26.4 Å². The molecule has 154 valence electrons. The van der Waals surface area contributed by atoms with Gasteiger partial charge in [0.1, 0.15) is 5.75 Å². The summed E-state index contributed by atoms with van der Waals surface area (Å²) in [7, 11) is 0. The highest BCUT2D eigenvalue weighted by Gasteiger charge is 2.07. The van der Waals surface area contributed by atoms with Gasteiger partial charge in [0.05, 0.1) is 30.9 Å². The van der Waals surface area contributed by atoms with Crippen molar-refractivity contribution in [2.24, 2.45) is 0 Å². The molecule has 4 rings (SSSR count). The molecule has 30 heavy (non-hydrogen) atoms. The van der Waals surface area contributed by atoms with Crippen LogP contribution in [0.4, 0.5) is 5.69 Å². The average Bonchev–Trinajstić information content (AvgIpc) is 3.45. The zero-order valence-corrected chi connectivity index (χ0v) is 18.3. The van der Waals surface area contributed by atoms with E-state index in [0.29, 0.717) is 25.4 Å². The third kappa shape index (κ3) is 5.17. The molecule has 0 amide bonds. The molecule has 1 N–H and O–H groups in total. The monoisotopic (exact) mass is 437 g/mol. The number of thiophene rings is 1. The van der Waals surface area contributed by atoms with Crippen LogP contribution in [0.25, 0.3) is 0 Å². The van der Waals surface area contributed by atoms with E-state index in [1.165, 1.54) is 4.88 Å². The topological polar surface area (TPSA) is 56.1 Å². The second kappa shape index (κ2) is 9.73. The van der Waals surface area contributed by atoms with Crippen molar-refractivity contribution in [1.82, 2.24) is 9.55 Å². The summed E-state index contributed by atoms with van der Waals surface area (Å²) < 4.78 is 7.46. The molecular formula is C23H23N3O2S2. The van der Waals surface area contributed by atoms with Gasteiger partial charge in [0.2, 0.25) is 0 Å². The molecule has 0 unspecified atom stereocenters. The van der Waals surface area contributed by atoms with Crippen molar-refractivity contribution in [3.8, 4) is 5.75 Å². The number of hydrogen-bond acceptors (Lipinski definition) is 6. The van der Waals surface area contributed by atoms with Crippen LogP contribution >= 0.6 is 22.7 Å². The quantitative estimate of drug-likeness (QED) is 0.402. The van der Waals surface area contributed by atoms with Crippen LogP contribution in [0.5, 0.6) is 5.75 Å². The number of hydrogen-bond donors (Lipinski definition) is 1. The van der Waals surface area contributed by atoms with E-state index in [4.69, 9.17) is 4.74 Å². The minimum absolute atomic E-state index is 0.0659. The fourth-order valence-corrected chi connectivity index (χ4v) is 4.42. The summed E-state index contributed by atoms with van der Waals surface area (Å²) in [5.41, 5.74) is 6.09. The fourth-order valence-electron chi connectivity index (χ4n) is 3.17. The molecule has 0 atom stereocenters.